The molecule has 0 unspecified atom stereocenters. The molecule has 0 spiro atoms. The normalized spacial score (nSPS) is 21.6. The van der Waals surface area contributed by atoms with Crippen LogP contribution in [0.1, 0.15) is 59.8 Å². The fraction of sp³-hybridized carbons (Fsp3) is 0.333. The molecule has 210 valence electrons. The fourth-order valence-electron chi connectivity index (χ4n) is 6.83. The zero-order valence-electron chi connectivity index (χ0n) is 22.9. The molecule has 2 bridgehead atoms. The number of esters is 1. The molecule has 2 atom stereocenters. The second-order valence-corrected chi connectivity index (χ2v) is 10.8. The van der Waals surface area contributed by atoms with Crippen molar-refractivity contribution >= 4 is 29.4 Å². The molecule has 3 amide bonds. The maximum absolute atomic E-state index is 13.6. The monoisotopic (exact) mass is 552 g/mol. The van der Waals surface area contributed by atoms with Gasteiger partial charge in [0.15, 0.2) is 6.61 Å². The highest BCUT2D eigenvalue weighted by Gasteiger charge is 2.61. The fourth-order valence-corrected chi connectivity index (χ4v) is 6.83. The first-order valence-electron chi connectivity index (χ1n) is 14.1. The Hall–Kier alpha value is -4.46. The highest BCUT2D eigenvalue weighted by molar-refractivity contribution is 6.07. The number of nitrogens with zero attached hydrogens (tertiary/aromatic N) is 1. The van der Waals surface area contributed by atoms with Crippen LogP contribution in [0.2, 0.25) is 0 Å². The Morgan fingerprint density at radius 2 is 1.29 bits per heavy atom. The third kappa shape index (κ3) is 4.77. The van der Waals surface area contributed by atoms with Gasteiger partial charge in [0.25, 0.3) is 5.91 Å². The first-order valence-corrected chi connectivity index (χ1v) is 14.1. The van der Waals surface area contributed by atoms with Crippen molar-refractivity contribution in [2.24, 2.45) is 11.8 Å². The highest BCUT2D eigenvalue weighted by atomic mass is 16.5. The SMILES string of the molecule is COc1ccccc1NC(=O)COC(=O)CCCCCN1C(=O)[C@H]2C3c4ccccc4C(c4ccccc43)[C@@H]2C1=O. The van der Waals surface area contributed by atoms with Crippen LogP contribution in [0.25, 0.3) is 0 Å². The number of anilines is 1. The number of carbonyl (C=O) groups is 4. The third-order valence-corrected chi connectivity index (χ3v) is 8.55. The lowest BCUT2D eigenvalue weighted by atomic mass is 9.55. The van der Waals surface area contributed by atoms with E-state index in [1.807, 2.05) is 24.3 Å². The second kappa shape index (κ2) is 11.2. The van der Waals surface area contributed by atoms with E-state index in [4.69, 9.17) is 9.47 Å². The number of amides is 3. The average molecular weight is 553 g/mol. The van der Waals surface area contributed by atoms with E-state index in [-0.39, 0.29) is 48.5 Å². The van der Waals surface area contributed by atoms with Crippen molar-refractivity contribution in [2.45, 2.75) is 37.5 Å². The van der Waals surface area contributed by atoms with Crippen molar-refractivity contribution in [2.75, 3.05) is 25.6 Å². The van der Waals surface area contributed by atoms with Crippen molar-refractivity contribution in [3.8, 4) is 5.75 Å². The largest absolute Gasteiger partial charge is 0.495 e. The van der Waals surface area contributed by atoms with E-state index in [0.717, 1.165) is 22.3 Å². The van der Waals surface area contributed by atoms with E-state index in [9.17, 15) is 19.2 Å². The lowest BCUT2D eigenvalue weighted by molar-refractivity contribution is -0.147. The van der Waals surface area contributed by atoms with Gasteiger partial charge in [-0.05, 0) is 47.2 Å². The van der Waals surface area contributed by atoms with Crippen molar-refractivity contribution in [3.63, 3.8) is 0 Å². The van der Waals surface area contributed by atoms with Gasteiger partial charge in [0.05, 0.1) is 24.6 Å². The summed E-state index contributed by atoms with van der Waals surface area (Å²) in [4.78, 5) is 53.1. The van der Waals surface area contributed by atoms with Crippen LogP contribution in [0, 0.1) is 11.8 Å². The smallest absolute Gasteiger partial charge is 0.306 e. The lowest BCUT2D eigenvalue weighted by Gasteiger charge is -2.45. The Bertz CT molecular complexity index is 1400. The molecular formula is C33H32N2O6. The van der Waals surface area contributed by atoms with E-state index < -0.39 is 11.9 Å². The van der Waals surface area contributed by atoms with Crippen LogP contribution < -0.4 is 10.1 Å². The topological polar surface area (TPSA) is 102 Å². The first kappa shape index (κ1) is 26.7. The number of methoxy groups -OCH3 is 1. The minimum atomic E-state index is -0.466. The minimum Gasteiger partial charge on any atom is -0.495 e. The number of unbranched alkanes of at least 4 members (excludes halogenated alkanes) is 2. The van der Waals surface area contributed by atoms with Crippen LogP contribution in [0.4, 0.5) is 5.69 Å². The number of rotatable bonds is 10. The number of imide groups is 1. The van der Waals surface area contributed by atoms with Gasteiger partial charge in [-0.15, -0.1) is 0 Å². The van der Waals surface area contributed by atoms with Gasteiger partial charge >= 0.3 is 5.97 Å². The van der Waals surface area contributed by atoms with Crippen molar-refractivity contribution in [1.29, 1.82) is 0 Å². The predicted octanol–water partition coefficient (Wildman–Crippen LogP) is 4.63. The van der Waals surface area contributed by atoms with Crippen LogP contribution in [-0.4, -0.2) is 48.9 Å². The van der Waals surface area contributed by atoms with E-state index in [1.54, 1.807) is 24.3 Å². The molecule has 4 aliphatic rings. The predicted molar refractivity (Wildman–Crippen MR) is 151 cm³/mol. The third-order valence-electron chi connectivity index (χ3n) is 8.55. The van der Waals surface area contributed by atoms with E-state index in [0.29, 0.717) is 37.2 Å². The Morgan fingerprint density at radius 1 is 0.756 bits per heavy atom. The van der Waals surface area contributed by atoms with Crippen LogP contribution in [-0.2, 0) is 23.9 Å². The summed E-state index contributed by atoms with van der Waals surface area (Å²) in [6.07, 6.45) is 1.96. The summed E-state index contributed by atoms with van der Waals surface area (Å²) in [5.41, 5.74) is 5.15. The number of carbonyl (C=O) groups excluding carboxylic acids is 4. The molecule has 8 heteroatoms. The maximum Gasteiger partial charge on any atom is 0.306 e. The summed E-state index contributed by atoms with van der Waals surface area (Å²) in [6.45, 7) is -0.0449. The summed E-state index contributed by atoms with van der Waals surface area (Å²) in [5, 5.41) is 2.67. The standard InChI is InChI=1S/C33H32N2O6/c1-40-25-16-9-8-15-24(25)34-26(36)19-41-27(37)17-3-2-10-18-35-32(38)30-28-20-11-4-5-12-21(20)29(31(30)33(35)39)23-14-7-6-13-22(23)28/h4-9,11-16,28-31H,2-3,10,17-19H2,1H3,(H,34,36)/t28?,29?,30-,31-/m0/s1. The number of likely N-dealkylation sites (tertiary alicyclic amines) is 1. The summed E-state index contributed by atoms with van der Waals surface area (Å²) < 4.78 is 10.3. The van der Waals surface area contributed by atoms with Crippen molar-refractivity contribution < 1.29 is 28.7 Å². The van der Waals surface area contributed by atoms with Gasteiger partial charge in [0.2, 0.25) is 11.8 Å². The lowest BCUT2D eigenvalue weighted by Crippen LogP contribution is -2.41. The van der Waals surface area contributed by atoms with Crippen LogP contribution in [0.3, 0.4) is 0 Å². The number of benzene rings is 3. The van der Waals surface area contributed by atoms with Gasteiger partial charge in [-0.2, -0.15) is 0 Å². The van der Waals surface area contributed by atoms with Gasteiger partial charge in [-0.3, -0.25) is 24.1 Å². The molecule has 1 aliphatic heterocycles. The zero-order chi connectivity index (χ0) is 28.5. The Labute approximate surface area is 238 Å². The average Bonchev–Trinajstić information content (AvgIpc) is 3.25. The molecule has 1 N–H and O–H groups in total. The molecule has 8 nitrogen and oxygen atoms in total. The van der Waals surface area contributed by atoms with Gasteiger partial charge in [0.1, 0.15) is 5.75 Å². The number of hydrogen-bond donors (Lipinski definition) is 1. The molecule has 1 saturated heterocycles. The Balaban J connectivity index is 0.997. The Morgan fingerprint density at radius 3 is 1.85 bits per heavy atom. The van der Waals surface area contributed by atoms with E-state index in [1.165, 1.54) is 12.0 Å². The first-order chi connectivity index (χ1) is 20.0. The zero-order valence-corrected chi connectivity index (χ0v) is 22.9. The summed E-state index contributed by atoms with van der Waals surface area (Å²) in [6, 6.07) is 23.4. The maximum atomic E-state index is 13.6. The molecule has 0 saturated carbocycles. The number of ether oxygens (including phenoxy) is 2. The second-order valence-electron chi connectivity index (χ2n) is 10.8. The quantitative estimate of drug-likeness (QED) is 0.224. The summed E-state index contributed by atoms with van der Waals surface area (Å²) in [5.74, 6) is -1.51. The van der Waals surface area contributed by atoms with Gasteiger partial charge in [-0.25, -0.2) is 0 Å². The van der Waals surface area contributed by atoms with E-state index in [2.05, 4.69) is 29.6 Å². The highest BCUT2D eigenvalue weighted by Crippen LogP contribution is 2.60. The van der Waals surface area contributed by atoms with E-state index >= 15 is 0 Å². The number of para-hydroxylation sites is 2. The van der Waals surface area contributed by atoms with Crippen LogP contribution in [0.15, 0.2) is 72.8 Å². The molecule has 1 fully saturated rings. The van der Waals surface area contributed by atoms with Crippen molar-refractivity contribution in [1.82, 2.24) is 4.90 Å². The Kier molecular flexibility index (Phi) is 7.30. The van der Waals surface area contributed by atoms with Gasteiger partial charge < -0.3 is 14.8 Å². The van der Waals surface area contributed by atoms with Gasteiger partial charge in [-0.1, -0.05) is 67.1 Å². The van der Waals surface area contributed by atoms with Crippen LogP contribution in [0.5, 0.6) is 5.75 Å². The molecular weight excluding hydrogens is 520 g/mol. The number of nitrogens with one attached hydrogen (secondary N) is 1. The molecule has 1 heterocycles. The molecule has 3 aromatic carbocycles. The summed E-state index contributed by atoms with van der Waals surface area (Å²) in [7, 11) is 1.51. The molecule has 0 aromatic heterocycles. The van der Waals surface area contributed by atoms with Crippen molar-refractivity contribution in [3.05, 3.63) is 95.1 Å². The number of hydrogen-bond acceptors (Lipinski definition) is 6. The van der Waals surface area contributed by atoms with Crippen LogP contribution >= 0.6 is 0 Å². The minimum absolute atomic E-state index is 0.0838. The molecule has 7 rings (SSSR count). The molecule has 41 heavy (non-hydrogen) atoms. The molecule has 0 radical (unpaired) electrons. The summed E-state index contributed by atoms with van der Waals surface area (Å²) >= 11 is 0. The molecule has 3 aromatic rings. The van der Waals surface area contributed by atoms with Gasteiger partial charge in [0, 0.05) is 24.8 Å². The molecule has 3 aliphatic carbocycles.